The van der Waals surface area contributed by atoms with E-state index in [-0.39, 0.29) is 5.91 Å². The van der Waals surface area contributed by atoms with Crippen LogP contribution in [0.1, 0.15) is 32.3 Å². The van der Waals surface area contributed by atoms with Gasteiger partial charge in [-0.25, -0.2) is 0 Å². The first-order valence-corrected chi connectivity index (χ1v) is 6.00. The van der Waals surface area contributed by atoms with E-state index in [0.29, 0.717) is 6.04 Å². The number of hydrogen-bond donors (Lipinski definition) is 1. The molecule has 0 aromatic heterocycles. The largest absolute Gasteiger partial charge is 0.496 e. The molecule has 1 saturated carbocycles. The van der Waals surface area contributed by atoms with Crippen molar-refractivity contribution in [1.29, 1.82) is 0 Å². The number of benzene rings is 1. The lowest BCUT2D eigenvalue weighted by Gasteiger charge is -2.26. The van der Waals surface area contributed by atoms with E-state index in [9.17, 15) is 4.79 Å². The molecule has 0 aliphatic heterocycles. The Labute approximate surface area is 102 Å². The fourth-order valence-electron chi connectivity index (χ4n) is 1.88. The monoisotopic (exact) mass is 233 g/mol. The molecule has 3 heteroatoms. The van der Waals surface area contributed by atoms with Crippen molar-refractivity contribution in [2.45, 2.75) is 38.1 Å². The maximum atomic E-state index is 12.2. The number of ether oxygens (including phenoxy) is 1. The van der Waals surface area contributed by atoms with Gasteiger partial charge >= 0.3 is 0 Å². The molecule has 3 nitrogen and oxygen atoms in total. The van der Waals surface area contributed by atoms with Crippen molar-refractivity contribution < 1.29 is 9.53 Å². The highest BCUT2D eigenvalue weighted by atomic mass is 16.5. The van der Waals surface area contributed by atoms with Crippen LogP contribution in [0.25, 0.3) is 0 Å². The first kappa shape index (κ1) is 12.0. The summed E-state index contributed by atoms with van der Waals surface area (Å²) in [5.74, 6) is 0.841. The highest BCUT2D eigenvalue weighted by molar-refractivity contribution is 5.88. The lowest BCUT2D eigenvalue weighted by molar-refractivity contribution is -0.125. The summed E-state index contributed by atoms with van der Waals surface area (Å²) in [7, 11) is 1.63. The van der Waals surface area contributed by atoms with Crippen molar-refractivity contribution in [3.05, 3.63) is 29.8 Å². The number of para-hydroxylation sites is 1. The molecular formula is C14H19NO2. The van der Waals surface area contributed by atoms with E-state index in [2.05, 4.69) is 5.32 Å². The van der Waals surface area contributed by atoms with Crippen LogP contribution >= 0.6 is 0 Å². The Kier molecular flexibility index (Phi) is 3.09. The zero-order chi connectivity index (χ0) is 12.5. The predicted octanol–water partition coefficient (Wildman–Crippen LogP) is 2.25. The summed E-state index contributed by atoms with van der Waals surface area (Å²) in [6.07, 6.45) is 2.21. The van der Waals surface area contributed by atoms with Crippen molar-refractivity contribution in [1.82, 2.24) is 5.32 Å². The maximum absolute atomic E-state index is 12.2. The average molecular weight is 233 g/mol. The van der Waals surface area contributed by atoms with E-state index >= 15 is 0 Å². The zero-order valence-corrected chi connectivity index (χ0v) is 10.6. The molecule has 0 radical (unpaired) electrons. The molecule has 1 N–H and O–H groups in total. The molecule has 2 rings (SSSR count). The summed E-state index contributed by atoms with van der Waals surface area (Å²) in [4.78, 5) is 12.2. The molecule has 1 fully saturated rings. The Balaban J connectivity index is 2.25. The fraction of sp³-hybridized carbons (Fsp3) is 0.500. The van der Waals surface area contributed by atoms with Gasteiger partial charge in [0.2, 0.25) is 5.91 Å². The number of nitrogens with one attached hydrogen (secondary N) is 1. The normalized spacial score (nSPS) is 15.5. The molecule has 0 atom stereocenters. The lowest BCUT2D eigenvalue weighted by atomic mass is 9.83. The minimum Gasteiger partial charge on any atom is -0.496 e. The van der Waals surface area contributed by atoms with Gasteiger partial charge in [0.1, 0.15) is 5.75 Å². The molecular weight excluding hydrogens is 214 g/mol. The molecule has 1 amide bonds. The molecule has 0 unspecified atom stereocenters. The minimum absolute atomic E-state index is 0.0736. The van der Waals surface area contributed by atoms with Gasteiger partial charge in [-0.05, 0) is 32.8 Å². The number of hydrogen-bond acceptors (Lipinski definition) is 2. The Morgan fingerprint density at radius 2 is 2.00 bits per heavy atom. The Bertz CT molecular complexity index is 422. The molecule has 0 spiro atoms. The quantitative estimate of drug-likeness (QED) is 0.866. The van der Waals surface area contributed by atoms with E-state index in [4.69, 9.17) is 4.74 Å². The Hall–Kier alpha value is -1.51. The number of carbonyl (C=O) groups excluding carboxylic acids is 1. The third-order valence-electron chi connectivity index (χ3n) is 3.26. The van der Waals surface area contributed by atoms with Gasteiger partial charge < -0.3 is 10.1 Å². The van der Waals surface area contributed by atoms with Crippen LogP contribution in [-0.4, -0.2) is 19.1 Å². The van der Waals surface area contributed by atoms with Crippen LogP contribution in [0.2, 0.25) is 0 Å². The number of methoxy groups -OCH3 is 1. The first-order valence-electron chi connectivity index (χ1n) is 6.00. The molecule has 1 aromatic carbocycles. The van der Waals surface area contributed by atoms with E-state index in [0.717, 1.165) is 24.2 Å². The molecule has 1 aliphatic rings. The second-order valence-electron chi connectivity index (χ2n) is 5.07. The number of amides is 1. The predicted molar refractivity (Wildman–Crippen MR) is 67.2 cm³/mol. The lowest BCUT2D eigenvalue weighted by Crippen LogP contribution is -2.41. The number of carbonyl (C=O) groups is 1. The summed E-state index contributed by atoms with van der Waals surface area (Å²) < 4.78 is 5.32. The number of rotatable bonds is 4. The SMILES string of the molecule is COc1ccccc1C(C)(C)C(=O)NC1CC1. The maximum Gasteiger partial charge on any atom is 0.230 e. The Morgan fingerprint density at radius 3 is 2.59 bits per heavy atom. The van der Waals surface area contributed by atoms with Gasteiger partial charge in [0, 0.05) is 11.6 Å². The smallest absolute Gasteiger partial charge is 0.230 e. The van der Waals surface area contributed by atoms with Gasteiger partial charge in [-0.1, -0.05) is 18.2 Å². The zero-order valence-electron chi connectivity index (χ0n) is 10.6. The van der Waals surface area contributed by atoms with Crippen LogP contribution in [0.5, 0.6) is 5.75 Å². The van der Waals surface area contributed by atoms with Gasteiger partial charge in [0.25, 0.3) is 0 Å². The van der Waals surface area contributed by atoms with Crippen molar-refractivity contribution in [3.63, 3.8) is 0 Å². The van der Waals surface area contributed by atoms with E-state index < -0.39 is 5.41 Å². The van der Waals surface area contributed by atoms with Crippen LogP contribution in [0.3, 0.4) is 0 Å². The first-order chi connectivity index (χ1) is 8.05. The van der Waals surface area contributed by atoms with Crippen molar-refractivity contribution in [2.24, 2.45) is 0 Å². The summed E-state index contributed by atoms with van der Waals surface area (Å²) in [6.45, 7) is 3.87. The van der Waals surface area contributed by atoms with Gasteiger partial charge in [0.05, 0.1) is 12.5 Å². The molecule has 1 aliphatic carbocycles. The minimum atomic E-state index is -0.560. The van der Waals surface area contributed by atoms with Gasteiger partial charge in [0.15, 0.2) is 0 Å². The van der Waals surface area contributed by atoms with Crippen LogP contribution < -0.4 is 10.1 Å². The van der Waals surface area contributed by atoms with Crippen LogP contribution in [-0.2, 0) is 10.2 Å². The van der Waals surface area contributed by atoms with E-state index in [1.807, 2.05) is 38.1 Å². The molecule has 0 saturated heterocycles. The van der Waals surface area contributed by atoms with Crippen LogP contribution in [0.15, 0.2) is 24.3 Å². The topological polar surface area (TPSA) is 38.3 Å². The Morgan fingerprint density at radius 1 is 1.35 bits per heavy atom. The summed E-state index contributed by atoms with van der Waals surface area (Å²) in [5, 5.41) is 3.05. The molecule has 1 aromatic rings. The average Bonchev–Trinajstić information content (AvgIpc) is 3.12. The van der Waals surface area contributed by atoms with Gasteiger partial charge in [-0.2, -0.15) is 0 Å². The summed E-state index contributed by atoms with van der Waals surface area (Å²) in [6, 6.07) is 8.07. The third-order valence-corrected chi connectivity index (χ3v) is 3.26. The highest BCUT2D eigenvalue weighted by Gasteiger charge is 2.35. The van der Waals surface area contributed by atoms with E-state index in [1.165, 1.54) is 0 Å². The molecule has 0 heterocycles. The standard InChI is InChI=1S/C14H19NO2/c1-14(2,13(16)15-10-8-9-10)11-6-4-5-7-12(11)17-3/h4-7,10H,8-9H2,1-3H3,(H,15,16). The van der Waals surface area contributed by atoms with E-state index in [1.54, 1.807) is 7.11 Å². The van der Waals surface area contributed by atoms with Crippen molar-refractivity contribution in [2.75, 3.05) is 7.11 Å². The van der Waals surface area contributed by atoms with Crippen LogP contribution in [0, 0.1) is 0 Å². The summed E-state index contributed by atoms with van der Waals surface area (Å²) >= 11 is 0. The van der Waals surface area contributed by atoms with Gasteiger partial charge in [-0.3, -0.25) is 4.79 Å². The molecule has 0 bridgehead atoms. The van der Waals surface area contributed by atoms with Gasteiger partial charge in [-0.15, -0.1) is 0 Å². The second kappa shape index (κ2) is 4.40. The highest BCUT2D eigenvalue weighted by Crippen LogP contribution is 2.32. The van der Waals surface area contributed by atoms with Crippen LogP contribution in [0.4, 0.5) is 0 Å². The fourth-order valence-corrected chi connectivity index (χ4v) is 1.88. The second-order valence-corrected chi connectivity index (χ2v) is 5.07. The van der Waals surface area contributed by atoms with Crippen molar-refractivity contribution >= 4 is 5.91 Å². The third kappa shape index (κ3) is 2.43. The summed E-state index contributed by atoms with van der Waals surface area (Å²) in [5.41, 5.74) is 0.371. The molecule has 92 valence electrons. The molecule has 17 heavy (non-hydrogen) atoms. The van der Waals surface area contributed by atoms with Crippen molar-refractivity contribution in [3.8, 4) is 5.75 Å².